The molecular weight excluding hydrogens is 250 g/mol. The van der Waals surface area contributed by atoms with Gasteiger partial charge in [-0.05, 0) is 24.6 Å². The minimum Gasteiger partial charge on any atom is -0.352 e. The second-order valence-corrected chi connectivity index (χ2v) is 3.63. The van der Waals surface area contributed by atoms with E-state index in [1.165, 1.54) is 6.07 Å². The fraction of sp³-hybridized carbons (Fsp3) is 0.364. The average molecular weight is 265 g/mol. The SMILES string of the molecule is C[C@H](CN)NC(=O)Cc1ccc(F)c(F)c1.Cl. The zero-order valence-electron chi connectivity index (χ0n) is 9.37. The molecule has 0 aliphatic heterocycles. The first kappa shape index (κ1) is 15.8. The van der Waals surface area contributed by atoms with E-state index in [4.69, 9.17) is 5.73 Å². The lowest BCUT2D eigenvalue weighted by atomic mass is 10.1. The highest BCUT2D eigenvalue weighted by Gasteiger charge is 2.08. The molecule has 0 radical (unpaired) electrons. The average Bonchev–Trinajstić information content (AvgIpc) is 2.23. The fourth-order valence-electron chi connectivity index (χ4n) is 1.22. The van der Waals surface area contributed by atoms with Gasteiger partial charge in [0.05, 0.1) is 6.42 Å². The second-order valence-electron chi connectivity index (χ2n) is 3.63. The molecule has 1 aromatic rings. The molecule has 6 heteroatoms. The molecule has 96 valence electrons. The monoisotopic (exact) mass is 264 g/mol. The molecule has 1 rings (SSSR count). The van der Waals surface area contributed by atoms with Crippen molar-refractivity contribution < 1.29 is 13.6 Å². The van der Waals surface area contributed by atoms with Gasteiger partial charge in [-0.1, -0.05) is 6.07 Å². The third-order valence-electron chi connectivity index (χ3n) is 2.11. The Labute approximate surface area is 105 Å². The number of amides is 1. The number of nitrogens with two attached hydrogens (primary N) is 1. The fourth-order valence-corrected chi connectivity index (χ4v) is 1.22. The molecule has 0 bridgehead atoms. The van der Waals surface area contributed by atoms with Crippen LogP contribution in [0.4, 0.5) is 8.78 Å². The van der Waals surface area contributed by atoms with Crippen LogP contribution in [0.3, 0.4) is 0 Å². The highest BCUT2D eigenvalue weighted by atomic mass is 35.5. The van der Waals surface area contributed by atoms with E-state index >= 15 is 0 Å². The Morgan fingerprint density at radius 1 is 1.41 bits per heavy atom. The van der Waals surface area contributed by atoms with Gasteiger partial charge in [0.25, 0.3) is 0 Å². The molecule has 1 amide bonds. The Morgan fingerprint density at radius 2 is 2.06 bits per heavy atom. The summed E-state index contributed by atoms with van der Waals surface area (Å²) < 4.78 is 25.4. The number of carbonyl (C=O) groups excluding carboxylic acids is 1. The van der Waals surface area contributed by atoms with Crippen molar-refractivity contribution in [1.29, 1.82) is 0 Å². The predicted octanol–water partition coefficient (Wildman–Crippen LogP) is 1.39. The van der Waals surface area contributed by atoms with Gasteiger partial charge in [0.2, 0.25) is 5.91 Å². The van der Waals surface area contributed by atoms with Crippen molar-refractivity contribution in [3.8, 4) is 0 Å². The van der Waals surface area contributed by atoms with Gasteiger partial charge in [-0.3, -0.25) is 4.79 Å². The lowest BCUT2D eigenvalue weighted by Gasteiger charge is -2.11. The van der Waals surface area contributed by atoms with Crippen LogP contribution >= 0.6 is 12.4 Å². The number of halogens is 3. The summed E-state index contributed by atoms with van der Waals surface area (Å²) >= 11 is 0. The lowest BCUT2D eigenvalue weighted by Crippen LogP contribution is -2.38. The quantitative estimate of drug-likeness (QED) is 0.864. The Balaban J connectivity index is 0.00000256. The van der Waals surface area contributed by atoms with Gasteiger partial charge in [0, 0.05) is 12.6 Å². The van der Waals surface area contributed by atoms with Crippen LogP contribution in [0.15, 0.2) is 18.2 Å². The topological polar surface area (TPSA) is 55.1 Å². The second kappa shape index (κ2) is 7.19. The summed E-state index contributed by atoms with van der Waals surface area (Å²) in [6, 6.07) is 3.27. The van der Waals surface area contributed by atoms with Gasteiger partial charge in [0.15, 0.2) is 11.6 Å². The summed E-state index contributed by atoms with van der Waals surface area (Å²) in [4.78, 5) is 11.4. The first-order chi connectivity index (χ1) is 7.52. The van der Waals surface area contributed by atoms with E-state index in [0.29, 0.717) is 12.1 Å². The van der Waals surface area contributed by atoms with Crippen molar-refractivity contribution >= 4 is 18.3 Å². The molecule has 3 nitrogen and oxygen atoms in total. The maximum atomic E-state index is 12.8. The first-order valence-corrected chi connectivity index (χ1v) is 4.96. The summed E-state index contributed by atoms with van der Waals surface area (Å²) in [5.74, 6) is -2.12. The predicted molar refractivity (Wildman–Crippen MR) is 64.0 cm³/mol. The van der Waals surface area contributed by atoms with Gasteiger partial charge in [0.1, 0.15) is 0 Å². The molecule has 0 aliphatic carbocycles. The van der Waals surface area contributed by atoms with Crippen LogP contribution in [0.25, 0.3) is 0 Å². The van der Waals surface area contributed by atoms with Crippen molar-refractivity contribution in [2.45, 2.75) is 19.4 Å². The normalized spacial score (nSPS) is 11.5. The van der Waals surface area contributed by atoms with E-state index in [1.807, 2.05) is 0 Å². The van der Waals surface area contributed by atoms with Gasteiger partial charge in [-0.2, -0.15) is 0 Å². The Kier molecular flexibility index (Phi) is 6.68. The number of hydrogen-bond donors (Lipinski definition) is 2. The van der Waals surface area contributed by atoms with Crippen molar-refractivity contribution in [2.75, 3.05) is 6.54 Å². The molecule has 17 heavy (non-hydrogen) atoms. The van der Waals surface area contributed by atoms with E-state index in [-0.39, 0.29) is 30.8 Å². The van der Waals surface area contributed by atoms with E-state index in [9.17, 15) is 13.6 Å². The Morgan fingerprint density at radius 3 is 2.59 bits per heavy atom. The van der Waals surface area contributed by atoms with E-state index in [0.717, 1.165) is 12.1 Å². The first-order valence-electron chi connectivity index (χ1n) is 4.96. The third kappa shape index (κ3) is 5.10. The maximum Gasteiger partial charge on any atom is 0.224 e. The molecule has 1 aromatic carbocycles. The highest BCUT2D eigenvalue weighted by molar-refractivity contribution is 5.85. The van der Waals surface area contributed by atoms with Crippen molar-refractivity contribution in [1.82, 2.24) is 5.32 Å². The van der Waals surface area contributed by atoms with E-state index < -0.39 is 11.6 Å². The van der Waals surface area contributed by atoms with Gasteiger partial charge in [-0.15, -0.1) is 12.4 Å². The molecule has 3 N–H and O–H groups in total. The molecule has 0 fully saturated rings. The van der Waals surface area contributed by atoms with Gasteiger partial charge < -0.3 is 11.1 Å². The van der Waals surface area contributed by atoms with Crippen LogP contribution in [0.5, 0.6) is 0 Å². The molecule has 0 saturated carbocycles. The third-order valence-corrected chi connectivity index (χ3v) is 2.11. The molecule has 0 aromatic heterocycles. The summed E-state index contributed by atoms with van der Waals surface area (Å²) in [7, 11) is 0. The zero-order valence-corrected chi connectivity index (χ0v) is 10.2. The highest BCUT2D eigenvalue weighted by Crippen LogP contribution is 2.09. The van der Waals surface area contributed by atoms with Crippen LogP contribution in [-0.2, 0) is 11.2 Å². The number of benzene rings is 1. The van der Waals surface area contributed by atoms with Crippen LogP contribution in [0, 0.1) is 11.6 Å². The minimum atomic E-state index is -0.947. The maximum absolute atomic E-state index is 12.8. The summed E-state index contributed by atoms with van der Waals surface area (Å²) in [5, 5.41) is 2.63. The molecule has 0 aliphatic rings. The number of rotatable bonds is 4. The minimum absolute atomic E-state index is 0. The molecule has 1 atom stereocenters. The van der Waals surface area contributed by atoms with E-state index in [2.05, 4.69) is 5.32 Å². The zero-order chi connectivity index (χ0) is 12.1. The molecule has 0 heterocycles. The summed E-state index contributed by atoms with van der Waals surface area (Å²) in [5.41, 5.74) is 5.76. The van der Waals surface area contributed by atoms with Crippen LogP contribution < -0.4 is 11.1 Å². The van der Waals surface area contributed by atoms with Gasteiger partial charge >= 0.3 is 0 Å². The van der Waals surface area contributed by atoms with Gasteiger partial charge in [-0.25, -0.2) is 8.78 Å². The van der Waals surface area contributed by atoms with E-state index in [1.54, 1.807) is 6.92 Å². The molecular formula is C11H15ClF2N2O. The standard InChI is InChI=1S/C11H14F2N2O.ClH/c1-7(6-14)15-11(16)5-8-2-3-9(12)10(13)4-8;/h2-4,7H,5-6,14H2,1H3,(H,15,16);1H/t7-;/m1./s1. The van der Waals surface area contributed by atoms with Crippen molar-refractivity contribution in [3.05, 3.63) is 35.4 Å². The Hall–Kier alpha value is -1.20. The number of carbonyl (C=O) groups is 1. The lowest BCUT2D eigenvalue weighted by molar-refractivity contribution is -0.120. The number of nitrogens with one attached hydrogen (secondary N) is 1. The van der Waals surface area contributed by atoms with Crippen LogP contribution in [0.2, 0.25) is 0 Å². The molecule has 0 unspecified atom stereocenters. The van der Waals surface area contributed by atoms with Crippen molar-refractivity contribution in [2.24, 2.45) is 5.73 Å². The number of hydrogen-bond acceptors (Lipinski definition) is 2. The summed E-state index contributed by atoms with van der Waals surface area (Å²) in [6.07, 6.45) is 0.0154. The van der Waals surface area contributed by atoms with Crippen molar-refractivity contribution in [3.63, 3.8) is 0 Å². The van der Waals surface area contributed by atoms with Crippen LogP contribution in [-0.4, -0.2) is 18.5 Å². The van der Waals surface area contributed by atoms with Crippen LogP contribution in [0.1, 0.15) is 12.5 Å². The molecule has 0 saturated heterocycles. The summed E-state index contributed by atoms with van der Waals surface area (Å²) in [6.45, 7) is 2.10. The smallest absolute Gasteiger partial charge is 0.224 e. The largest absolute Gasteiger partial charge is 0.352 e. The Bertz CT molecular complexity index is 388. The molecule has 0 spiro atoms.